The normalized spacial score (nSPS) is 16.0. The van der Waals surface area contributed by atoms with Crippen LogP contribution in [0.25, 0.3) is 65.6 Å². The monoisotopic (exact) mass is 575 g/mol. The van der Waals surface area contributed by atoms with E-state index in [4.69, 9.17) is 14.3 Å². The molecular weight excluding hydrogens is 544 g/mol. The number of fused-ring (bicyclic) bond motifs is 8. The summed E-state index contributed by atoms with van der Waals surface area (Å²) in [6.45, 7) is 8.28. The van der Waals surface area contributed by atoms with Gasteiger partial charge >= 0.3 is 7.12 Å². The summed E-state index contributed by atoms with van der Waals surface area (Å²) in [5.74, 6) is -0.264. The van der Waals surface area contributed by atoms with E-state index in [0.29, 0.717) is 0 Å². The van der Waals surface area contributed by atoms with Crippen molar-refractivity contribution in [2.45, 2.75) is 38.9 Å². The molecule has 5 heteroatoms. The minimum atomic E-state index is -0.403. The largest absolute Gasteiger partial charge is 0.494 e. The first-order valence-electron chi connectivity index (χ1n) is 15.1. The number of nitrogens with zero attached hydrogens (tertiary/aromatic N) is 1. The fraction of sp³-hybridized carbons (Fsp3) is 0.154. The maximum atomic E-state index is 14.0. The predicted molar refractivity (Wildman–Crippen MR) is 181 cm³/mol. The molecule has 0 radical (unpaired) electrons. The van der Waals surface area contributed by atoms with Crippen molar-refractivity contribution in [1.82, 2.24) is 4.98 Å². The Hall–Kier alpha value is -4.58. The molecule has 0 atom stereocenters. The number of halogens is 1. The van der Waals surface area contributed by atoms with Gasteiger partial charge in [-0.05, 0) is 96.2 Å². The molecule has 7 aromatic rings. The third-order valence-corrected chi connectivity index (χ3v) is 9.56. The van der Waals surface area contributed by atoms with Gasteiger partial charge in [-0.15, -0.1) is 0 Å². The van der Waals surface area contributed by atoms with Crippen LogP contribution in [0.2, 0.25) is 0 Å². The molecule has 1 aliphatic heterocycles. The van der Waals surface area contributed by atoms with Gasteiger partial charge in [-0.1, -0.05) is 84.9 Å². The van der Waals surface area contributed by atoms with E-state index in [1.807, 2.05) is 12.1 Å². The number of hydrogen-bond acceptors (Lipinski definition) is 3. The first kappa shape index (κ1) is 27.0. The molecule has 0 N–H and O–H groups in total. The van der Waals surface area contributed by atoms with Gasteiger partial charge in [-0.2, -0.15) is 0 Å². The van der Waals surface area contributed by atoms with E-state index in [2.05, 4.69) is 119 Å². The first-order valence-corrected chi connectivity index (χ1v) is 15.1. The third kappa shape index (κ3) is 4.15. The molecule has 3 nitrogen and oxygen atoms in total. The Morgan fingerprint density at radius 1 is 0.545 bits per heavy atom. The van der Waals surface area contributed by atoms with Gasteiger partial charge in [-0.25, -0.2) is 9.37 Å². The standard InChI is InChI=1S/C39H31BFNO2/c1-38(2)39(3,4)44-40(43-38)27-18-13-24(14-19-27)26-17-22-33-34(23-26)42-37(25-15-20-28(41)21-16-25)36-32-12-8-6-10-30(32)29-9-5-7-11-31(29)35(33)36/h5-23H,1-4H3. The summed E-state index contributed by atoms with van der Waals surface area (Å²) >= 11 is 0. The highest BCUT2D eigenvalue weighted by Gasteiger charge is 2.51. The summed E-state index contributed by atoms with van der Waals surface area (Å²) < 4.78 is 26.6. The lowest BCUT2D eigenvalue weighted by Gasteiger charge is -2.32. The Bertz CT molecular complexity index is 2230. The number of aromatic nitrogens is 1. The molecule has 0 saturated carbocycles. The summed E-state index contributed by atoms with van der Waals surface area (Å²) in [5, 5.41) is 8.03. The number of rotatable bonds is 3. The van der Waals surface area contributed by atoms with E-state index in [0.717, 1.165) is 54.9 Å². The molecule has 1 aliphatic rings. The van der Waals surface area contributed by atoms with E-state index in [-0.39, 0.29) is 17.0 Å². The lowest BCUT2D eigenvalue weighted by atomic mass is 9.78. The van der Waals surface area contributed by atoms with E-state index in [1.165, 1.54) is 28.3 Å². The van der Waals surface area contributed by atoms with Crippen molar-refractivity contribution < 1.29 is 13.7 Å². The molecule has 1 fully saturated rings. The molecule has 0 unspecified atom stereocenters. The second-order valence-corrected chi connectivity index (χ2v) is 12.8. The minimum Gasteiger partial charge on any atom is -0.399 e. The van der Waals surface area contributed by atoms with Crippen LogP contribution in [0, 0.1) is 5.82 Å². The molecule has 214 valence electrons. The fourth-order valence-electron chi connectivity index (χ4n) is 6.49. The van der Waals surface area contributed by atoms with Crippen molar-refractivity contribution in [1.29, 1.82) is 0 Å². The van der Waals surface area contributed by atoms with E-state index >= 15 is 0 Å². The van der Waals surface area contributed by atoms with Crippen LogP contribution in [0.4, 0.5) is 4.39 Å². The topological polar surface area (TPSA) is 31.4 Å². The van der Waals surface area contributed by atoms with Gasteiger partial charge in [-0.3, -0.25) is 0 Å². The van der Waals surface area contributed by atoms with Crippen LogP contribution in [-0.4, -0.2) is 23.3 Å². The molecule has 0 amide bonds. The zero-order valence-electron chi connectivity index (χ0n) is 25.2. The lowest BCUT2D eigenvalue weighted by molar-refractivity contribution is 0.00578. The molecule has 0 aliphatic carbocycles. The second kappa shape index (κ2) is 9.72. The van der Waals surface area contributed by atoms with Crippen LogP contribution in [0.15, 0.2) is 115 Å². The van der Waals surface area contributed by atoms with Gasteiger partial charge in [0.05, 0.1) is 22.4 Å². The molecule has 6 aromatic carbocycles. The number of benzene rings is 6. The third-order valence-electron chi connectivity index (χ3n) is 9.56. The van der Waals surface area contributed by atoms with Crippen LogP contribution < -0.4 is 5.46 Å². The first-order chi connectivity index (χ1) is 21.2. The molecule has 1 saturated heterocycles. The molecule has 2 heterocycles. The van der Waals surface area contributed by atoms with E-state index in [9.17, 15) is 4.39 Å². The molecule has 1 aromatic heterocycles. The van der Waals surface area contributed by atoms with Crippen molar-refractivity contribution in [3.05, 3.63) is 121 Å². The predicted octanol–water partition coefficient (Wildman–Crippen LogP) is 9.47. The zero-order valence-corrected chi connectivity index (χ0v) is 25.2. The number of hydrogen-bond donors (Lipinski definition) is 0. The highest BCUT2D eigenvalue weighted by atomic mass is 19.1. The molecule has 44 heavy (non-hydrogen) atoms. The Balaban J connectivity index is 1.34. The van der Waals surface area contributed by atoms with Gasteiger partial charge in [0.2, 0.25) is 0 Å². The Labute approximate surface area is 256 Å². The van der Waals surface area contributed by atoms with E-state index < -0.39 is 7.12 Å². The summed E-state index contributed by atoms with van der Waals surface area (Å²) in [4.78, 5) is 5.30. The second-order valence-electron chi connectivity index (χ2n) is 12.8. The van der Waals surface area contributed by atoms with Crippen molar-refractivity contribution in [2.75, 3.05) is 0 Å². The molecular formula is C39H31BFNO2. The molecule has 0 bridgehead atoms. The van der Waals surface area contributed by atoms with Crippen LogP contribution in [-0.2, 0) is 9.31 Å². The zero-order chi connectivity index (χ0) is 30.2. The highest BCUT2D eigenvalue weighted by molar-refractivity contribution is 6.62. The van der Waals surface area contributed by atoms with Crippen molar-refractivity contribution in [2.24, 2.45) is 0 Å². The van der Waals surface area contributed by atoms with Gasteiger partial charge in [0.1, 0.15) is 5.82 Å². The molecule has 0 spiro atoms. The quantitative estimate of drug-likeness (QED) is 0.155. The summed E-state index contributed by atoms with van der Waals surface area (Å²) in [6.07, 6.45) is 0. The van der Waals surface area contributed by atoms with Crippen LogP contribution in [0.5, 0.6) is 0 Å². The summed E-state index contributed by atoms with van der Waals surface area (Å²) in [5.41, 5.74) is 5.00. The van der Waals surface area contributed by atoms with Gasteiger partial charge in [0.15, 0.2) is 0 Å². The van der Waals surface area contributed by atoms with Crippen molar-refractivity contribution >= 4 is 55.8 Å². The average molecular weight is 575 g/mol. The SMILES string of the molecule is CC1(C)OB(c2ccc(-c3ccc4c(c3)nc(-c3ccc(F)cc3)c3c5ccccc5c5ccccc5c43)cc2)OC1(C)C. The maximum absolute atomic E-state index is 14.0. The Morgan fingerprint density at radius 2 is 1.07 bits per heavy atom. The van der Waals surface area contributed by atoms with Crippen LogP contribution >= 0.6 is 0 Å². The van der Waals surface area contributed by atoms with Gasteiger partial charge in [0, 0.05) is 21.7 Å². The highest BCUT2D eigenvalue weighted by Crippen LogP contribution is 2.43. The lowest BCUT2D eigenvalue weighted by Crippen LogP contribution is -2.41. The average Bonchev–Trinajstić information content (AvgIpc) is 3.26. The number of pyridine rings is 1. The van der Waals surface area contributed by atoms with Gasteiger partial charge < -0.3 is 9.31 Å². The Morgan fingerprint density at radius 3 is 1.68 bits per heavy atom. The molecule has 8 rings (SSSR count). The Kier molecular flexibility index (Phi) is 5.96. The van der Waals surface area contributed by atoms with Crippen LogP contribution in [0.1, 0.15) is 27.7 Å². The van der Waals surface area contributed by atoms with E-state index in [1.54, 1.807) is 0 Å². The van der Waals surface area contributed by atoms with Crippen molar-refractivity contribution in [3.63, 3.8) is 0 Å². The fourth-order valence-corrected chi connectivity index (χ4v) is 6.49. The van der Waals surface area contributed by atoms with Gasteiger partial charge in [0.25, 0.3) is 0 Å². The van der Waals surface area contributed by atoms with Crippen molar-refractivity contribution in [3.8, 4) is 22.4 Å². The smallest absolute Gasteiger partial charge is 0.399 e. The maximum Gasteiger partial charge on any atom is 0.494 e. The van der Waals surface area contributed by atoms with Crippen LogP contribution in [0.3, 0.4) is 0 Å². The summed E-state index contributed by atoms with van der Waals surface area (Å²) in [7, 11) is -0.403. The minimum absolute atomic E-state index is 0.264. The summed E-state index contributed by atoms with van der Waals surface area (Å²) in [6, 6.07) is 38.7.